The molecule has 0 aromatic heterocycles. The number of anilines is 4. The number of hydrogen-bond acceptors (Lipinski definition) is 8. The molecule has 8 heteroatoms. The zero-order chi connectivity index (χ0) is 81.4. The molecule has 17 rings (SSSR count). The summed E-state index contributed by atoms with van der Waals surface area (Å²) < 4.78 is 30.7. The number of rotatable bonds is 36. The predicted octanol–water partition coefficient (Wildman–Crippen LogP) is 29.9. The fraction of sp³-hybridized carbons (Fsp3) is 0.286. The van der Waals surface area contributed by atoms with Gasteiger partial charge >= 0.3 is 0 Å². The molecule has 0 saturated carbocycles. The molecular weight excluding hydrogens is 1470 g/mol. The Balaban J connectivity index is 0.914. The largest absolute Gasteiger partial charge is 0.493 e. The van der Waals surface area contributed by atoms with Crippen molar-refractivity contribution in [2.24, 2.45) is 0 Å². The van der Waals surface area contributed by atoms with Crippen LogP contribution in [0.25, 0.3) is 86.2 Å². The summed E-state index contributed by atoms with van der Waals surface area (Å²) in [5.74, 6) is 3.69. The highest BCUT2D eigenvalue weighted by molar-refractivity contribution is 6.06. The Morgan fingerprint density at radius 2 is 0.367 bits per heavy atom. The zero-order valence-electron chi connectivity index (χ0n) is 70.8. The molecular formula is C112H116N4O4. The molecule has 4 N–H and O–H groups in total. The first-order valence-corrected chi connectivity index (χ1v) is 45.0. The van der Waals surface area contributed by atoms with Gasteiger partial charge in [-0.2, -0.15) is 0 Å². The third-order valence-electron chi connectivity index (χ3n) is 24.9. The molecule has 0 amide bonds. The van der Waals surface area contributed by atoms with Crippen LogP contribution < -0.4 is 40.2 Å². The van der Waals surface area contributed by atoms with E-state index >= 15 is 0 Å². The lowest BCUT2D eigenvalue weighted by atomic mass is 9.89. The summed E-state index contributed by atoms with van der Waals surface area (Å²) in [4.78, 5) is 0. The van der Waals surface area contributed by atoms with Crippen molar-refractivity contribution >= 4 is 109 Å². The van der Waals surface area contributed by atoms with E-state index in [9.17, 15) is 0 Å². The van der Waals surface area contributed by atoms with Gasteiger partial charge in [0.15, 0.2) is 0 Å². The Bertz CT molecular complexity index is 5230. The van der Waals surface area contributed by atoms with Crippen molar-refractivity contribution in [1.29, 1.82) is 0 Å². The van der Waals surface area contributed by atoms with Crippen LogP contribution in [0.1, 0.15) is 197 Å². The summed E-state index contributed by atoms with van der Waals surface area (Å²) in [7, 11) is 0. The first kappa shape index (κ1) is 80.4. The van der Waals surface area contributed by atoms with E-state index in [1.807, 2.05) is 0 Å². The van der Waals surface area contributed by atoms with Gasteiger partial charge in [-0.1, -0.05) is 299 Å². The molecule has 0 heterocycles. The van der Waals surface area contributed by atoms with Gasteiger partial charge in [0.05, 0.1) is 26.4 Å². The van der Waals surface area contributed by atoms with Crippen LogP contribution in [-0.4, -0.2) is 26.4 Å². The molecule has 16 aromatic carbocycles. The Morgan fingerprint density at radius 1 is 0.200 bits per heavy atom. The van der Waals surface area contributed by atoms with Crippen molar-refractivity contribution in [2.45, 2.75) is 182 Å². The smallest absolute Gasteiger partial charge is 0.126 e. The molecule has 608 valence electrons. The molecule has 8 nitrogen and oxygen atoms in total. The van der Waals surface area contributed by atoms with Gasteiger partial charge < -0.3 is 40.2 Å². The molecule has 120 heavy (non-hydrogen) atoms. The Hall–Kier alpha value is -12.0. The highest BCUT2D eigenvalue weighted by Crippen LogP contribution is 2.46. The van der Waals surface area contributed by atoms with Crippen LogP contribution in [0.2, 0.25) is 0 Å². The predicted molar refractivity (Wildman–Crippen MR) is 511 cm³/mol. The van der Waals surface area contributed by atoms with Gasteiger partial charge in [-0.3, -0.25) is 0 Å². The maximum Gasteiger partial charge on any atom is 0.126 e. The molecule has 1 aliphatic rings. The summed E-state index contributed by atoms with van der Waals surface area (Å²) in [6.07, 6.45) is 19.3. The van der Waals surface area contributed by atoms with Gasteiger partial charge in [0.2, 0.25) is 0 Å². The summed E-state index contributed by atoms with van der Waals surface area (Å²) in [5.41, 5.74) is 18.0. The van der Waals surface area contributed by atoms with Crippen LogP contribution in [0.4, 0.5) is 22.7 Å². The Labute approximate surface area is 710 Å². The number of benzene rings is 16. The lowest BCUT2D eigenvalue weighted by molar-refractivity contribution is 0.293. The van der Waals surface area contributed by atoms with Crippen molar-refractivity contribution in [3.8, 4) is 23.0 Å². The van der Waals surface area contributed by atoms with Gasteiger partial charge in [0.1, 0.15) is 23.0 Å². The average molecular weight is 1580 g/mol. The molecule has 0 unspecified atom stereocenters. The fourth-order valence-corrected chi connectivity index (χ4v) is 18.8. The second kappa shape index (κ2) is 38.8. The van der Waals surface area contributed by atoms with E-state index in [0.29, 0.717) is 78.3 Å². The minimum absolute atomic E-state index is 0.521. The average Bonchev–Trinajstić information content (AvgIpc) is 0.769. The van der Waals surface area contributed by atoms with E-state index in [2.05, 4.69) is 316 Å². The lowest BCUT2D eigenvalue weighted by Gasteiger charge is -2.26. The standard InChI is InChI=1S/C112H116N4O4/c1-5-9-13-33-53-117-109-85-61-87-67-94(114-74-106-99-47-27-19-39-79(99)58-80-40-20-28-48-100(80)106)69-89(110(87)118-54-34-14-10-6-2)63-91-71-96(116-76-108-103-51-31-23-43-83(103)60-84-44-24-32-52-104(84)108)72-92(112(91)120-56-36-16-12-8-4)64-90-70-95(115-75-107-101-49-29-21-41-81(101)59-82-42-22-30-50-102(82)107)68-88(111(90)119-55-35-15-11-7-3)62-86(109)66-93(65-85)113-73-105-97-45-25-17-37-77(97)57-78-38-18-26-46-98(78)105/h17-32,37-52,57-60,65-72,113-116H,5-16,33-36,53-56,61-64,73-76H2,1-4H3. The second-order valence-electron chi connectivity index (χ2n) is 33.4. The minimum Gasteiger partial charge on any atom is -0.493 e. The Kier molecular flexibility index (Phi) is 26.0. The highest BCUT2D eigenvalue weighted by Gasteiger charge is 2.27. The van der Waals surface area contributed by atoms with Crippen LogP contribution >= 0.6 is 0 Å². The topological polar surface area (TPSA) is 85.0 Å². The number of ether oxygens (including phenoxy) is 4. The van der Waals surface area contributed by atoms with E-state index in [-0.39, 0.29) is 0 Å². The zero-order valence-corrected chi connectivity index (χ0v) is 70.8. The lowest BCUT2D eigenvalue weighted by Crippen LogP contribution is -2.13. The van der Waals surface area contributed by atoms with E-state index in [1.165, 1.54) is 108 Å². The first-order valence-electron chi connectivity index (χ1n) is 45.0. The highest BCUT2D eigenvalue weighted by atomic mass is 16.5. The quantitative estimate of drug-likeness (QED) is 0.0228. The molecule has 0 aliphatic heterocycles. The van der Waals surface area contributed by atoms with Gasteiger partial charge in [-0.25, -0.2) is 0 Å². The molecule has 0 spiro atoms. The molecule has 0 atom stereocenters. The van der Waals surface area contributed by atoms with E-state index < -0.39 is 0 Å². The molecule has 0 saturated heterocycles. The van der Waals surface area contributed by atoms with E-state index in [1.54, 1.807) is 0 Å². The molecule has 0 radical (unpaired) electrons. The molecule has 0 fully saturated rings. The normalized spacial score (nSPS) is 12.2. The maximum absolute atomic E-state index is 7.67. The van der Waals surface area contributed by atoms with Crippen molar-refractivity contribution in [1.82, 2.24) is 0 Å². The second-order valence-corrected chi connectivity index (χ2v) is 33.4. The third-order valence-corrected chi connectivity index (χ3v) is 24.9. The van der Waals surface area contributed by atoms with Crippen LogP contribution in [-0.2, 0) is 51.9 Å². The van der Waals surface area contributed by atoms with Crippen molar-refractivity contribution in [3.63, 3.8) is 0 Å². The van der Waals surface area contributed by atoms with Crippen molar-refractivity contribution < 1.29 is 18.9 Å². The Morgan fingerprint density at radius 3 is 0.533 bits per heavy atom. The number of unbranched alkanes of at least 4 members (excludes halogenated alkanes) is 12. The van der Waals surface area contributed by atoms with Crippen LogP contribution in [0.5, 0.6) is 23.0 Å². The van der Waals surface area contributed by atoms with Gasteiger partial charge in [-0.15, -0.1) is 0 Å². The van der Waals surface area contributed by atoms with Crippen LogP contribution in [0.15, 0.2) is 267 Å². The van der Waals surface area contributed by atoms with Crippen LogP contribution in [0.3, 0.4) is 0 Å². The molecule has 1 aliphatic carbocycles. The summed E-state index contributed by atoms with van der Waals surface area (Å²) >= 11 is 0. The summed E-state index contributed by atoms with van der Waals surface area (Å²) in [6, 6.07) is 99.9. The maximum atomic E-state index is 7.67. The van der Waals surface area contributed by atoms with Crippen molar-refractivity contribution in [2.75, 3.05) is 47.7 Å². The molecule has 8 bridgehead atoms. The summed E-state index contributed by atoms with van der Waals surface area (Å²) in [5, 5.41) is 36.6. The van der Waals surface area contributed by atoms with Gasteiger partial charge in [0.25, 0.3) is 0 Å². The number of nitrogens with one attached hydrogen (secondary N) is 4. The van der Waals surface area contributed by atoms with Gasteiger partial charge in [-0.05, 0) is 207 Å². The summed E-state index contributed by atoms with van der Waals surface area (Å²) in [6.45, 7) is 13.9. The third kappa shape index (κ3) is 18.4. The van der Waals surface area contributed by atoms with E-state index in [0.717, 1.165) is 193 Å². The fourth-order valence-electron chi connectivity index (χ4n) is 18.8. The van der Waals surface area contributed by atoms with Crippen LogP contribution in [0, 0.1) is 0 Å². The van der Waals surface area contributed by atoms with Crippen molar-refractivity contribution in [3.05, 3.63) is 334 Å². The monoisotopic (exact) mass is 1580 g/mol. The minimum atomic E-state index is 0.521. The number of fused-ring (bicyclic) bond motifs is 16. The van der Waals surface area contributed by atoms with E-state index in [4.69, 9.17) is 18.9 Å². The number of hydrogen-bond donors (Lipinski definition) is 4. The first-order chi connectivity index (χ1) is 59.3. The SMILES string of the molecule is CCCCCCOc1c2cc(NCc3c4ccccc4cc4ccccc34)cc1Cc1cc(NCc3c4ccccc4cc4ccccc34)cc(c1OCCCCCC)Cc1cc(NCc3c4ccccc4cc4ccccc34)cc(c1OCCCCCC)Cc1cc(NCc3c4ccccc4cc4ccccc34)cc(c1OCCCCCC)C2. The molecule has 16 aromatic rings. The van der Waals surface area contributed by atoms with Gasteiger partial charge in [0, 0.05) is 119 Å².